The molecule has 2 N–H and O–H groups in total. The molecule has 0 aliphatic carbocycles. The van der Waals surface area contributed by atoms with Crippen molar-refractivity contribution in [2.75, 3.05) is 5.32 Å². The molecule has 0 spiro atoms. The normalized spacial score (nSPS) is 11.5. The van der Waals surface area contributed by atoms with Crippen molar-refractivity contribution in [2.24, 2.45) is 0 Å². The molecule has 8 heteroatoms. The second-order valence-corrected chi connectivity index (χ2v) is 5.08. The molecule has 0 aromatic heterocycles. The van der Waals surface area contributed by atoms with Crippen LogP contribution in [0.2, 0.25) is 5.02 Å². The van der Waals surface area contributed by atoms with Gasteiger partial charge in [0, 0.05) is 16.8 Å². The van der Waals surface area contributed by atoms with E-state index in [4.69, 9.17) is 11.6 Å². The zero-order valence-corrected chi connectivity index (χ0v) is 12.8. The molecule has 0 bridgehead atoms. The van der Waals surface area contributed by atoms with Crippen LogP contribution in [-0.2, 0) is 6.18 Å². The fourth-order valence-electron chi connectivity index (χ4n) is 1.84. The lowest BCUT2D eigenvalue weighted by molar-refractivity contribution is -0.136. The Hall–Kier alpha value is -2.54. The molecular formula is C16H11ClF4N2O. The summed E-state index contributed by atoms with van der Waals surface area (Å²) >= 11 is 5.55. The van der Waals surface area contributed by atoms with Crippen molar-refractivity contribution in [3.63, 3.8) is 0 Å². The Labute approximate surface area is 139 Å². The summed E-state index contributed by atoms with van der Waals surface area (Å²) in [5, 5.41) is 4.17. The standard InChI is InChI=1S/C16H11ClF4N2O/c17-11-5-6-14(12(9-11)16(19,20)21)23-15(24)22-8-7-10-3-1-2-4-13(10)18/h1-9H,(H2,22,23,24)/b8-7+. The number of carbonyl (C=O) groups is 1. The van der Waals surface area contributed by atoms with Crippen molar-refractivity contribution in [3.8, 4) is 0 Å². The lowest BCUT2D eigenvalue weighted by Gasteiger charge is -2.13. The van der Waals surface area contributed by atoms with Gasteiger partial charge >= 0.3 is 12.2 Å². The SMILES string of the molecule is O=C(N/C=C/c1ccccc1F)Nc1ccc(Cl)cc1C(F)(F)F. The highest BCUT2D eigenvalue weighted by atomic mass is 35.5. The molecule has 0 radical (unpaired) electrons. The van der Waals surface area contributed by atoms with Crippen LogP contribution >= 0.6 is 11.6 Å². The molecule has 2 rings (SSSR count). The minimum Gasteiger partial charge on any atom is -0.314 e. The Balaban J connectivity index is 2.07. The Morgan fingerprint density at radius 1 is 1.12 bits per heavy atom. The summed E-state index contributed by atoms with van der Waals surface area (Å²) in [5.41, 5.74) is -1.29. The van der Waals surface area contributed by atoms with Gasteiger partial charge in [-0.1, -0.05) is 29.8 Å². The minimum absolute atomic E-state index is 0.104. The highest BCUT2D eigenvalue weighted by Gasteiger charge is 2.34. The first kappa shape index (κ1) is 17.8. The molecule has 0 fully saturated rings. The Bertz CT molecular complexity index is 775. The number of urea groups is 1. The second-order valence-electron chi connectivity index (χ2n) is 4.64. The van der Waals surface area contributed by atoms with Crippen LogP contribution in [0.15, 0.2) is 48.7 Å². The van der Waals surface area contributed by atoms with E-state index in [0.29, 0.717) is 6.07 Å². The monoisotopic (exact) mass is 358 g/mol. The van der Waals surface area contributed by atoms with Gasteiger partial charge in [-0.3, -0.25) is 0 Å². The minimum atomic E-state index is -4.67. The Morgan fingerprint density at radius 2 is 1.83 bits per heavy atom. The lowest BCUT2D eigenvalue weighted by atomic mass is 10.1. The van der Waals surface area contributed by atoms with E-state index in [9.17, 15) is 22.4 Å². The number of amides is 2. The number of nitrogens with one attached hydrogen (secondary N) is 2. The molecular weight excluding hydrogens is 348 g/mol. The maximum Gasteiger partial charge on any atom is 0.418 e. The maximum atomic E-state index is 13.4. The summed E-state index contributed by atoms with van der Waals surface area (Å²) in [4.78, 5) is 11.7. The van der Waals surface area contributed by atoms with E-state index >= 15 is 0 Å². The summed E-state index contributed by atoms with van der Waals surface area (Å²) < 4.78 is 52.1. The lowest BCUT2D eigenvalue weighted by Crippen LogP contribution is -2.25. The van der Waals surface area contributed by atoms with Gasteiger partial charge in [0.15, 0.2) is 0 Å². The molecule has 24 heavy (non-hydrogen) atoms. The molecule has 0 atom stereocenters. The van der Waals surface area contributed by atoms with Gasteiger partial charge in [-0.25, -0.2) is 9.18 Å². The summed E-state index contributed by atoms with van der Waals surface area (Å²) in [5.74, 6) is -0.493. The van der Waals surface area contributed by atoms with Crippen molar-refractivity contribution < 1.29 is 22.4 Å². The largest absolute Gasteiger partial charge is 0.418 e. The molecule has 0 heterocycles. The second kappa shape index (κ2) is 7.35. The smallest absolute Gasteiger partial charge is 0.314 e. The predicted molar refractivity (Wildman–Crippen MR) is 84.0 cm³/mol. The molecule has 0 aliphatic heterocycles. The van der Waals surface area contributed by atoms with Gasteiger partial charge in [0.05, 0.1) is 11.3 Å². The third-order valence-electron chi connectivity index (χ3n) is 2.92. The highest BCUT2D eigenvalue weighted by Crippen LogP contribution is 2.36. The van der Waals surface area contributed by atoms with Gasteiger partial charge in [0.1, 0.15) is 5.82 Å². The summed E-state index contributed by atoms with van der Waals surface area (Å²) in [7, 11) is 0. The van der Waals surface area contributed by atoms with Gasteiger partial charge in [0.2, 0.25) is 0 Å². The van der Waals surface area contributed by atoms with Gasteiger partial charge in [-0.05, 0) is 30.3 Å². The van der Waals surface area contributed by atoms with Crippen molar-refractivity contribution in [3.05, 3.63) is 70.6 Å². The van der Waals surface area contributed by atoms with Crippen molar-refractivity contribution in [1.82, 2.24) is 5.32 Å². The third kappa shape index (κ3) is 4.73. The topological polar surface area (TPSA) is 41.1 Å². The molecule has 0 saturated carbocycles. The van der Waals surface area contributed by atoms with E-state index in [1.807, 2.05) is 0 Å². The van der Waals surface area contributed by atoms with E-state index in [-0.39, 0.29) is 10.6 Å². The molecule has 2 aromatic rings. The maximum absolute atomic E-state index is 13.4. The van der Waals surface area contributed by atoms with Crippen molar-refractivity contribution in [1.29, 1.82) is 0 Å². The third-order valence-corrected chi connectivity index (χ3v) is 3.15. The molecule has 0 saturated heterocycles. The molecule has 0 aliphatic rings. The number of halogens is 5. The van der Waals surface area contributed by atoms with Crippen LogP contribution < -0.4 is 10.6 Å². The van der Waals surface area contributed by atoms with Crippen LogP contribution in [0, 0.1) is 5.82 Å². The van der Waals surface area contributed by atoms with E-state index in [1.165, 1.54) is 30.3 Å². The van der Waals surface area contributed by atoms with Crippen LogP contribution in [-0.4, -0.2) is 6.03 Å². The quantitative estimate of drug-likeness (QED) is 0.719. The molecule has 3 nitrogen and oxygen atoms in total. The van der Waals surface area contributed by atoms with Crippen LogP contribution in [0.4, 0.5) is 28.0 Å². The van der Waals surface area contributed by atoms with Crippen LogP contribution in [0.1, 0.15) is 11.1 Å². The van der Waals surface area contributed by atoms with E-state index in [0.717, 1.165) is 12.3 Å². The van der Waals surface area contributed by atoms with E-state index < -0.39 is 29.3 Å². The summed E-state index contributed by atoms with van der Waals surface area (Å²) in [6.07, 6.45) is -2.27. The first-order chi connectivity index (χ1) is 11.3. The highest BCUT2D eigenvalue weighted by molar-refractivity contribution is 6.30. The van der Waals surface area contributed by atoms with E-state index in [1.54, 1.807) is 6.07 Å². The number of hydrogen-bond donors (Lipinski definition) is 2. The zero-order valence-electron chi connectivity index (χ0n) is 12.0. The first-order valence-corrected chi connectivity index (χ1v) is 7.00. The Kier molecular flexibility index (Phi) is 5.46. The molecule has 2 aromatic carbocycles. The Morgan fingerprint density at radius 3 is 2.50 bits per heavy atom. The fraction of sp³-hybridized carbons (Fsp3) is 0.0625. The number of benzene rings is 2. The number of rotatable bonds is 3. The first-order valence-electron chi connectivity index (χ1n) is 6.63. The number of carbonyl (C=O) groups excluding carboxylic acids is 1. The summed E-state index contributed by atoms with van der Waals surface area (Å²) in [6, 6.07) is 7.91. The fourth-order valence-corrected chi connectivity index (χ4v) is 2.01. The van der Waals surface area contributed by atoms with Gasteiger partial charge in [-0.2, -0.15) is 13.2 Å². The van der Waals surface area contributed by atoms with Gasteiger partial charge < -0.3 is 10.6 Å². The van der Waals surface area contributed by atoms with Gasteiger partial charge in [0.25, 0.3) is 0 Å². The van der Waals surface area contributed by atoms with Crippen LogP contribution in [0.25, 0.3) is 6.08 Å². The predicted octanol–water partition coefficient (Wildman–Crippen LogP) is 5.29. The average Bonchev–Trinajstić information content (AvgIpc) is 2.50. The molecule has 0 unspecified atom stereocenters. The van der Waals surface area contributed by atoms with Crippen molar-refractivity contribution in [2.45, 2.75) is 6.18 Å². The molecule has 126 valence electrons. The number of alkyl halides is 3. The van der Waals surface area contributed by atoms with E-state index in [2.05, 4.69) is 10.6 Å². The number of hydrogen-bond acceptors (Lipinski definition) is 1. The number of anilines is 1. The zero-order chi connectivity index (χ0) is 17.7. The molecule has 2 amide bonds. The summed E-state index contributed by atoms with van der Waals surface area (Å²) in [6.45, 7) is 0. The van der Waals surface area contributed by atoms with Crippen LogP contribution in [0.3, 0.4) is 0 Å². The van der Waals surface area contributed by atoms with Crippen molar-refractivity contribution >= 4 is 29.4 Å². The van der Waals surface area contributed by atoms with Gasteiger partial charge in [-0.15, -0.1) is 0 Å². The van der Waals surface area contributed by atoms with Crippen LogP contribution in [0.5, 0.6) is 0 Å². The average molecular weight is 359 g/mol.